The summed E-state index contributed by atoms with van der Waals surface area (Å²) in [4.78, 5) is 31.7. The number of amides is 1. The van der Waals surface area contributed by atoms with Gasteiger partial charge in [-0.25, -0.2) is 0 Å². The number of aromatic nitrogens is 1. The van der Waals surface area contributed by atoms with Gasteiger partial charge < -0.3 is 29.4 Å². The standard InChI is InChI=1S/C32H35N5O5/c38-30-24-5-6-26(33-7-9-35-11-15-40-16-12-35)31-29(24)37(27-19-22-3-1-2-4-23(22)20-28(27)42-31)21-25(30)32(39)34-8-10-36-13-17-41-18-14-36/h1-6,19-21,33H,7-18H2,(H,34,39). The molecule has 2 N–H and O–H groups in total. The highest BCUT2D eigenvalue weighted by atomic mass is 16.5. The monoisotopic (exact) mass is 569 g/mol. The molecule has 0 atom stereocenters. The van der Waals surface area contributed by atoms with Gasteiger partial charge in [0, 0.05) is 58.6 Å². The first-order valence-corrected chi connectivity index (χ1v) is 14.7. The first-order chi connectivity index (χ1) is 20.7. The predicted molar refractivity (Wildman–Crippen MR) is 162 cm³/mol. The number of morpholine rings is 2. The number of pyridine rings is 1. The molecule has 42 heavy (non-hydrogen) atoms. The van der Waals surface area contributed by atoms with E-state index in [2.05, 4.69) is 32.6 Å². The second kappa shape index (κ2) is 11.7. The van der Waals surface area contributed by atoms with Crippen LogP contribution >= 0.6 is 0 Å². The van der Waals surface area contributed by atoms with Gasteiger partial charge in [0.05, 0.1) is 43.2 Å². The molecule has 2 fully saturated rings. The molecule has 2 saturated heterocycles. The quantitative estimate of drug-likeness (QED) is 0.295. The first-order valence-electron chi connectivity index (χ1n) is 14.7. The van der Waals surface area contributed by atoms with Crippen LogP contribution in [0.5, 0.6) is 11.5 Å². The van der Waals surface area contributed by atoms with Crippen molar-refractivity contribution in [1.29, 1.82) is 0 Å². The Hall–Kier alpha value is -3.96. The highest BCUT2D eigenvalue weighted by molar-refractivity contribution is 6.01. The molecule has 1 amide bonds. The Balaban J connectivity index is 1.24. The lowest BCUT2D eigenvalue weighted by Crippen LogP contribution is -2.42. The van der Waals surface area contributed by atoms with Crippen molar-refractivity contribution < 1.29 is 19.0 Å². The third-order valence-electron chi connectivity index (χ3n) is 8.33. The van der Waals surface area contributed by atoms with Crippen LogP contribution in [0.1, 0.15) is 10.4 Å². The number of hydrogen-bond donors (Lipinski definition) is 2. The summed E-state index contributed by atoms with van der Waals surface area (Å²) in [5, 5.41) is 9.05. The molecular formula is C32H35N5O5. The van der Waals surface area contributed by atoms with Crippen LogP contribution in [0.2, 0.25) is 0 Å². The Morgan fingerprint density at radius 3 is 2.21 bits per heavy atom. The van der Waals surface area contributed by atoms with Crippen molar-refractivity contribution >= 4 is 33.3 Å². The molecule has 10 heteroatoms. The maximum absolute atomic E-state index is 13.7. The zero-order valence-corrected chi connectivity index (χ0v) is 23.6. The molecule has 0 bridgehead atoms. The Morgan fingerprint density at radius 1 is 0.833 bits per heavy atom. The molecule has 0 aliphatic carbocycles. The topological polar surface area (TPSA) is 97.3 Å². The number of hydrogen-bond acceptors (Lipinski definition) is 8. The molecule has 7 rings (SSSR count). The Kier molecular flexibility index (Phi) is 7.52. The zero-order valence-electron chi connectivity index (χ0n) is 23.6. The molecule has 218 valence electrons. The number of ether oxygens (including phenoxy) is 3. The lowest BCUT2D eigenvalue weighted by atomic mass is 10.0. The van der Waals surface area contributed by atoms with Crippen LogP contribution in [-0.2, 0) is 9.47 Å². The average Bonchev–Trinajstić information content (AvgIpc) is 3.03. The van der Waals surface area contributed by atoms with Crippen molar-refractivity contribution in [3.63, 3.8) is 0 Å². The van der Waals surface area contributed by atoms with Crippen molar-refractivity contribution in [3.8, 4) is 17.2 Å². The van der Waals surface area contributed by atoms with Crippen LogP contribution in [0.4, 0.5) is 5.69 Å². The van der Waals surface area contributed by atoms with E-state index in [1.54, 1.807) is 12.3 Å². The molecule has 0 saturated carbocycles. The summed E-state index contributed by atoms with van der Waals surface area (Å²) in [7, 11) is 0. The fourth-order valence-corrected chi connectivity index (χ4v) is 5.99. The maximum atomic E-state index is 13.7. The fraction of sp³-hybridized carbons (Fsp3) is 0.375. The van der Waals surface area contributed by atoms with Crippen molar-refractivity contribution in [2.45, 2.75) is 0 Å². The van der Waals surface area contributed by atoms with E-state index in [1.165, 1.54) is 0 Å². The number of carbonyl (C=O) groups is 1. The van der Waals surface area contributed by atoms with Crippen LogP contribution < -0.4 is 20.8 Å². The summed E-state index contributed by atoms with van der Waals surface area (Å²) in [6.07, 6.45) is 1.67. The molecule has 0 spiro atoms. The zero-order chi connectivity index (χ0) is 28.5. The Labute approximate surface area is 243 Å². The molecule has 4 heterocycles. The maximum Gasteiger partial charge on any atom is 0.256 e. The van der Waals surface area contributed by atoms with Gasteiger partial charge in [-0.2, -0.15) is 0 Å². The number of fused-ring (bicyclic) bond motifs is 3. The van der Waals surface area contributed by atoms with Gasteiger partial charge in [-0.3, -0.25) is 19.4 Å². The van der Waals surface area contributed by atoms with Gasteiger partial charge in [0.1, 0.15) is 11.1 Å². The molecular weight excluding hydrogens is 534 g/mol. The van der Waals surface area contributed by atoms with E-state index >= 15 is 0 Å². The normalized spacial score (nSPS) is 17.1. The summed E-state index contributed by atoms with van der Waals surface area (Å²) >= 11 is 0. The van der Waals surface area contributed by atoms with Crippen molar-refractivity contribution in [2.24, 2.45) is 0 Å². The van der Waals surface area contributed by atoms with Crippen LogP contribution in [0.25, 0.3) is 27.4 Å². The van der Waals surface area contributed by atoms with E-state index in [9.17, 15) is 9.59 Å². The number of rotatable bonds is 8. The van der Waals surface area contributed by atoms with Gasteiger partial charge in [0.25, 0.3) is 5.91 Å². The summed E-state index contributed by atoms with van der Waals surface area (Å²) in [6.45, 7) is 9.19. The van der Waals surface area contributed by atoms with Crippen LogP contribution in [-0.4, -0.2) is 99.1 Å². The van der Waals surface area contributed by atoms with E-state index in [1.807, 2.05) is 34.9 Å². The molecule has 3 aliphatic rings. The second-order valence-corrected chi connectivity index (χ2v) is 10.9. The number of anilines is 1. The minimum Gasteiger partial charge on any atom is -0.451 e. The molecule has 0 unspecified atom stereocenters. The van der Waals surface area contributed by atoms with E-state index in [0.29, 0.717) is 48.7 Å². The lowest BCUT2D eigenvalue weighted by Gasteiger charge is -2.28. The fourth-order valence-electron chi connectivity index (χ4n) is 5.99. The van der Waals surface area contributed by atoms with E-state index < -0.39 is 0 Å². The van der Waals surface area contributed by atoms with Crippen molar-refractivity contribution in [1.82, 2.24) is 19.7 Å². The molecule has 10 nitrogen and oxygen atoms in total. The van der Waals surface area contributed by atoms with E-state index in [4.69, 9.17) is 14.2 Å². The number of benzene rings is 3. The van der Waals surface area contributed by atoms with Gasteiger partial charge in [-0.05, 0) is 35.0 Å². The third kappa shape index (κ3) is 5.22. The van der Waals surface area contributed by atoms with E-state index in [-0.39, 0.29) is 16.9 Å². The molecule has 3 aromatic carbocycles. The predicted octanol–water partition coefficient (Wildman–Crippen LogP) is 3.06. The Bertz CT molecular complexity index is 1690. The van der Waals surface area contributed by atoms with E-state index in [0.717, 1.165) is 74.6 Å². The molecule has 0 radical (unpaired) electrons. The summed E-state index contributed by atoms with van der Waals surface area (Å²) in [5.41, 5.74) is 2.07. The van der Waals surface area contributed by atoms with Gasteiger partial charge in [-0.15, -0.1) is 0 Å². The highest BCUT2D eigenvalue weighted by Crippen LogP contribution is 2.45. The van der Waals surface area contributed by atoms with Crippen LogP contribution in [0, 0.1) is 0 Å². The molecule has 3 aliphatic heterocycles. The van der Waals surface area contributed by atoms with Gasteiger partial charge in [0.2, 0.25) is 5.43 Å². The van der Waals surface area contributed by atoms with Gasteiger partial charge >= 0.3 is 0 Å². The van der Waals surface area contributed by atoms with Crippen molar-refractivity contribution in [3.05, 3.63) is 70.5 Å². The minimum absolute atomic E-state index is 0.115. The Morgan fingerprint density at radius 2 is 1.50 bits per heavy atom. The molecule has 4 aromatic rings. The number of carbonyl (C=O) groups excluding carboxylic acids is 1. The number of nitrogens with one attached hydrogen (secondary N) is 2. The highest BCUT2D eigenvalue weighted by Gasteiger charge is 2.27. The summed E-state index contributed by atoms with van der Waals surface area (Å²) in [5.74, 6) is 0.892. The molecule has 1 aromatic heterocycles. The van der Waals surface area contributed by atoms with Gasteiger partial charge in [-0.1, -0.05) is 24.3 Å². The smallest absolute Gasteiger partial charge is 0.256 e. The summed E-state index contributed by atoms with van der Waals surface area (Å²) in [6, 6.07) is 15.9. The van der Waals surface area contributed by atoms with Gasteiger partial charge in [0.15, 0.2) is 11.5 Å². The summed E-state index contributed by atoms with van der Waals surface area (Å²) < 4.78 is 19.4. The first kappa shape index (κ1) is 26.9. The van der Waals surface area contributed by atoms with Crippen LogP contribution in [0.15, 0.2) is 59.5 Å². The van der Waals surface area contributed by atoms with Crippen molar-refractivity contribution in [2.75, 3.05) is 84.1 Å². The largest absolute Gasteiger partial charge is 0.451 e. The lowest BCUT2D eigenvalue weighted by molar-refractivity contribution is 0.0383. The average molecular weight is 570 g/mol. The number of nitrogens with zero attached hydrogens (tertiary/aromatic N) is 3. The third-order valence-corrected chi connectivity index (χ3v) is 8.33. The van der Waals surface area contributed by atoms with Crippen LogP contribution in [0.3, 0.4) is 0 Å². The SMILES string of the molecule is O=C(NCCN1CCOCC1)c1cn2c3c(c(NCCN4CCOCC4)ccc3c1=O)Oc1cc3ccccc3cc1-2. The second-order valence-electron chi connectivity index (χ2n) is 10.9. The minimum atomic E-state index is -0.373.